The summed E-state index contributed by atoms with van der Waals surface area (Å²) in [7, 11) is 0. The number of carbonyl (C=O) groups is 2. The van der Waals surface area contributed by atoms with Crippen molar-refractivity contribution in [2.45, 2.75) is 32.9 Å². The molecule has 0 saturated heterocycles. The Morgan fingerprint density at radius 1 is 1.17 bits per heavy atom. The third-order valence-electron chi connectivity index (χ3n) is 4.68. The molecule has 0 atom stereocenters. The van der Waals surface area contributed by atoms with Crippen LogP contribution in [0.4, 0.5) is 0 Å². The average Bonchev–Trinajstić information content (AvgIpc) is 2.84. The van der Waals surface area contributed by atoms with Gasteiger partial charge in [-0.05, 0) is 50.1 Å². The van der Waals surface area contributed by atoms with Crippen molar-refractivity contribution in [3.8, 4) is 0 Å². The Morgan fingerprint density at radius 3 is 2.54 bits per heavy atom. The number of hydrogen-bond donors (Lipinski definition) is 2. The Labute approximate surface area is 140 Å². The lowest BCUT2D eigenvalue weighted by atomic mass is 9.91. The van der Waals surface area contributed by atoms with Crippen molar-refractivity contribution in [1.29, 1.82) is 0 Å². The molecule has 0 aliphatic carbocycles. The van der Waals surface area contributed by atoms with Gasteiger partial charge in [-0.2, -0.15) is 0 Å². The Morgan fingerprint density at radius 2 is 1.88 bits per heavy atom. The summed E-state index contributed by atoms with van der Waals surface area (Å²) in [6.45, 7) is 6.21. The van der Waals surface area contributed by atoms with E-state index in [2.05, 4.69) is 0 Å². The van der Waals surface area contributed by atoms with E-state index in [9.17, 15) is 9.59 Å². The lowest BCUT2D eigenvalue weighted by Gasteiger charge is -2.32. The smallest absolute Gasteiger partial charge is 0.274 e. The molecule has 124 valence electrons. The van der Waals surface area contributed by atoms with Crippen molar-refractivity contribution < 1.29 is 14.8 Å². The van der Waals surface area contributed by atoms with E-state index in [4.69, 9.17) is 5.21 Å². The lowest BCUT2D eigenvalue weighted by Crippen LogP contribution is -2.40. The molecular formula is C19H20N2O3. The van der Waals surface area contributed by atoms with E-state index in [0.717, 1.165) is 16.7 Å². The van der Waals surface area contributed by atoms with Crippen molar-refractivity contribution in [3.63, 3.8) is 0 Å². The van der Waals surface area contributed by atoms with Crippen LogP contribution in [-0.4, -0.2) is 21.9 Å². The number of carbonyl (C=O) groups excluding carboxylic acids is 2. The van der Waals surface area contributed by atoms with E-state index in [1.807, 2.05) is 45.0 Å². The molecule has 0 aromatic heterocycles. The van der Waals surface area contributed by atoms with Gasteiger partial charge in [0.05, 0.1) is 5.54 Å². The second-order valence-corrected chi connectivity index (χ2v) is 6.59. The molecule has 1 heterocycles. The summed E-state index contributed by atoms with van der Waals surface area (Å²) in [5.74, 6) is -0.636. The highest BCUT2D eigenvalue weighted by atomic mass is 16.5. The minimum absolute atomic E-state index is 0.0738. The lowest BCUT2D eigenvalue weighted by molar-refractivity contribution is 0.0573. The standard InChI is InChI=1S/C19H20N2O3/c1-12-6-4-7-13(10-12)18(23)21-11-15-14(17(22)20-24)8-5-9-16(15)19(21,2)3/h4-10,24H,11H2,1-3H3,(H,20,22). The highest BCUT2D eigenvalue weighted by molar-refractivity contribution is 5.98. The summed E-state index contributed by atoms with van der Waals surface area (Å²) in [4.78, 5) is 26.7. The molecular weight excluding hydrogens is 304 g/mol. The Balaban J connectivity index is 2.04. The van der Waals surface area contributed by atoms with Gasteiger partial charge in [-0.3, -0.25) is 14.8 Å². The Bertz CT molecular complexity index is 827. The first-order chi connectivity index (χ1) is 11.4. The molecule has 2 aromatic carbocycles. The largest absolute Gasteiger partial charge is 0.325 e. The maximum atomic E-state index is 13.0. The Kier molecular flexibility index (Phi) is 3.89. The molecule has 2 amide bonds. The molecule has 5 nitrogen and oxygen atoms in total. The molecule has 0 fully saturated rings. The summed E-state index contributed by atoms with van der Waals surface area (Å²) >= 11 is 0. The van der Waals surface area contributed by atoms with E-state index >= 15 is 0 Å². The molecule has 0 saturated carbocycles. The van der Waals surface area contributed by atoms with Crippen LogP contribution in [0.5, 0.6) is 0 Å². The first-order valence-electron chi connectivity index (χ1n) is 7.81. The van der Waals surface area contributed by atoms with Crippen LogP contribution in [-0.2, 0) is 12.1 Å². The van der Waals surface area contributed by atoms with Gasteiger partial charge in [0, 0.05) is 17.7 Å². The van der Waals surface area contributed by atoms with Gasteiger partial charge in [-0.25, -0.2) is 5.48 Å². The summed E-state index contributed by atoms with van der Waals surface area (Å²) in [6.07, 6.45) is 0. The van der Waals surface area contributed by atoms with Crippen LogP contribution in [0.1, 0.15) is 51.3 Å². The molecule has 5 heteroatoms. The van der Waals surface area contributed by atoms with Crippen molar-refractivity contribution >= 4 is 11.8 Å². The fraction of sp³-hybridized carbons (Fsp3) is 0.263. The number of fused-ring (bicyclic) bond motifs is 1. The zero-order valence-corrected chi connectivity index (χ0v) is 14.0. The zero-order chi connectivity index (χ0) is 17.5. The number of nitrogens with zero attached hydrogens (tertiary/aromatic N) is 1. The molecule has 1 aliphatic heterocycles. The number of benzene rings is 2. The highest BCUT2D eigenvalue weighted by Gasteiger charge is 2.42. The molecule has 3 rings (SSSR count). The summed E-state index contributed by atoms with van der Waals surface area (Å²) in [6, 6.07) is 12.8. The minimum atomic E-state index is -0.562. The van der Waals surface area contributed by atoms with Crippen molar-refractivity contribution in [2.75, 3.05) is 0 Å². The average molecular weight is 324 g/mol. The first-order valence-corrected chi connectivity index (χ1v) is 7.81. The molecule has 2 N–H and O–H groups in total. The number of rotatable bonds is 2. The van der Waals surface area contributed by atoms with Gasteiger partial charge in [0.25, 0.3) is 11.8 Å². The van der Waals surface area contributed by atoms with E-state index < -0.39 is 11.4 Å². The number of nitrogens with one attached hydrogen (secondary N) is 1. The third-order valence-corrected chi connectivity index (χ3v) is 4.68. The minimum Gasteiger partial charge on any atom is -0.325 e. The monoisotopic (exact) mass is 324 g/mol. The molecule has 24 heavy (non-hydrogen) atoms. The summed E-state index contributed by atoms with van der Waals surface area (Å²) < 4.78 is 0. The fourth-order valence-corrected chi connectivity index (χ4v) is 3.36. The van der Waals surface area contributed by atoms with Gasteiger partial charge in [0.1, 0.15) is 0 Å². The van der Waals surface area contributed by atoms with Crippen molar-refractivity contribution in [3.05, 3.63) is 70.3 Å². The van der Waals surface area contributed by atoms with Crippen LogP contribution in [0.15, 0.2) is 42.5 Å². The van der Waals surface area contributed by atoms with Crippen LogP contribution in [0.25, 0.3) is 0 Å². The number of hydrogen-bond acceptors (Lipinski definition) is 3. The number of amides is 2. The Hall–Kier alpha value is -2.66. The van der Waals surface area contributed by atoms with Gasteiger partial charge < -0.3 is 4.90 Å². The van der Waals surface area contributed by atoms with Crippen LogP contribution in [0, 0.1) is 6.92 Å². The second kappa shape index (κ2) is 5.76. The molecule has 0 unspecified atom stereocenters. The predicted molar refractivity (Wildman–Crippen MR) is 89.8 cm³/mol. The van der Waals surface area contributed by atoms with E-state index in [0.29, 0.717) is 17.7 Å². The number of hydroxylamine groups is 1. The molecule has 1 aliphatic rings. The molecule has 0 radical (unpaired) electrons. The van der Waals surface area contributed by atoms with Gasteiger partial charge in [-0.1, -0.05) is 29.8 Å². The maximum absolute atomic E-state index is 13.0. The van der Waals surface area contributed by atoms with Crippen molar-refractivity contribution in [1.82, 2.24) is 10.4 Å². The first kappa shape index (κ1) is 16.2. The van der Waals surface area contributed by atoms with Gasteiger partial charge in [0.2, 0.25) is 0 Å². The number of aryl methyl sites for hydroxylation is 1. The van der Waals surface area contributed by atoms with E-state index in [1.54, 1.807) is 28.6 Å². The molecule has 2 aromatic rings. The van der Waals surface area contributed by atoms with Gasteiger partial charge in [0.15, 0.2) is 0 Å². The quantitative estimate of drug-likeness (QED) is 0.659. The third kappa shape index (κ3) is 2.47. The second-order valence-electron chi connectivity index (χ2n) is 6.59. The van der Waals surface area contributed by atoms with Crippen LogP contribution in [0.2, 0.25) is 0 Å². The van der Waals surface area contributed by atoms with Crippen LogP contribution in [0.3, 0.4) is 0 Å². The fourth-order valence-electron chi connectivity index (χ4n) is 3.36. The van der Waals surface area contributed by atoms with Crippen LogP contribution >= 0.6 is 0 Å². The van der Waals surface area contributed by atoms with Crippen LogP contribution < -0.4 is 5.48 Å². The highest BCUT2D eigenvalue weighted by Crippen LogP contribution is 2.41. The molecule has 0 bridgehead atoms. The molecule has 0 spiro atoms. The van der Waals surface area contributed by atoms with Gasteiger partial charge in [-0.15, -0.1) is 0 Å². The SMILES string of the molecule is Cc1cccc(C(=O)N2Cc3c(C(=O)NO)cccc3C2(C)C)c1. The topological polar surface area (TPSA) is 69.6 Å². The predicted octanol–water partition coefficient (Wildman–Crippen LogP) is 3.01. The summed E-state index contributed by atoms with van der Waals surface area (Å²) in [5.41, 5.74) is 4.88. The van der Waals surface area contributed by atoms with Gasteiger partial charge >= 0.3 is 0 Å². The maximum Gasteiger partial charge on any atom is 0.274 e. The zero-order valence-electron chi connectivity index (χ0n) is 14.0. The normalized spacial score (nSPS) is 15.1. The van der Waals surface area contributed by atoms with Crippen molar-refractivity contribution in [2.24, 2.45) is 0 Å². The summed E-state index contributed by atoms with van der Waals surface area (Å²) in [5, 5.41) is 8.95. The van der Waals surface area contributed by atoms with E-state index in [-0.39, 0.29) is 5.91 Å². The van der Waals surface area contributed by atoms with E-state index in [1.165, 1.54) is 0 Å².